The van der Waals surface area contributed by atoms with E-state index >= 15 is 0 Å². The van der Waals surface area contributed by atoms with E-state index in [0.29, 0.717) is 0 Å². The van der Waals surface area contributed by atoms with Gasteiger partial charge in [-0.05, 0) is 36.6 Å². The molecule has 1 fully saturated rings. The molecule has 0 atom stereocenters. The standard InChI is InChI=1S/C18H18FN3S/c19-14-7-5-13(6-8-14)16-11-15-17(23-16)18(21-12-20-15)22-9-3-1-2-4-10-22/h5-8,11-12H,1-4,9-10H2. The third-order valence-electron chi connectivity index (χ3n) is 4.33. The SMILES string of the molecule is Fc1ccc(-c2cc3ncnc(N4CCCCCC4)c3s2)cc1. The van der Waals surface area contributed by atoms with Gasteiger partial charge >= 0.3 is 0 Å². The van der Waals surface area contributed by atoms with Crippen molar-refractivity contribution in [3.63, 3.8) is 0 Å². The summed E-state index contributed by atoms with van der Waals surface area (Å²) in [6, 6.07) is 8.72. The van der Waals surface area contributed by atoms with Gasteiger partial charge in [-0.15, -0.1) is 11.3 Å². The van der Waals surface area contributed by atoms with Gasteiger partial charge in [0.15, 0.2) is 0 Å². The number of benzene rings is 1. The Morgan fingerprint density at radius 2 is 1.70 bits per heavy atom. The van der Waals surface area contributed by atoms with Crippen LogP contribution in [0, 0.1) is 5.82 Å². The number of halogens is 1. The highest BCUT2D eigenvalue weighted by atomic mass is 32.1. The monoisotopic (exact) mass is 327 g/mol. The average molecular weight is 327 g/mol. The normalized spacial score (nSPS) is 15.8. The summed E-state index contributed by atoms with van der Waals surface area (Å²) in [5.74, 6) is 0.843. The van der Waals surface area contributed by atoms with Gasteiger partial charge in [0, 0.05) is 18.0 Å². The van der Waals surface area contributed by atoms with E-state index in [9.17, 15) is 4.39 Å². The molecule has 3 aromatic rings. The van der Waals surface area contributed by atoms with Gasteiger partial charge in [0.1, 0.15) is 18.0 Å². The predicted octanol–water partition coefficient (Wildman–Crippen LogP) is 4.88. The molecule has 5 heteroatoms. The quantitative estimate of drug-likeness (QED) is 0.672. The first kappa shape index (κ1) is 14.6. The number of hydrogen-bond acceptors (Lipinski definition) is 4. The first-order valence-corrected chi connectivity index (χ1v) is 8.88. The molecule has 1 aliphatic rings. The molecule has 3 nitrogen and oxygen atoms in total. The van der Waals surface area contributed by atoms with Crippen molar-refractivity contribution in [2.75, 3.05) is 18.0 Å². The molecule has 3 heterocycles. The van der Waals surface area contributed by atoms with Gasteiger partial charge in [-0.1, -0.05) is 25.0 Å². The maximum Gasteiger partial charge on any atom is 0.150 e. The Bertz CT molecular complexity index is 805. The van der Waals surface area contributed by atoms with Crippen molar-refractivity contribution in [3.8, 4) is 10.4 Å². The van der Waals surface area contributed by atoms with Crippen LogP contribution in [-0.4, -0.2) is 23.1 Å². The fourth-order valence-corrected chi connectivity index (χ4v) is 4.24. The molecule has 118 valence electrons. The highest BCUT2D eigenvalue weighted by molar-refractivity contribution is 7.22. The zero-order chi connectivity index (χ0) is 15.6. The molecular weight excluding hydrogens is 309 g/mol. The number of thiophene rings is 1. The van der Waals surface area contributed by atoms with E-state index in [1.807, 2.05) is 12.1 Å². The summed E-state index contributed by atoms with van der Waals surface area (Å²) in [5, 5.41) is 0. The molecule has 0 amide bonds. The van der Waals surface area contributed by atoms with Gasteiger partial charge in [0.05, 0.1) is 10.2 Å². The summed E-state index contributed by atoms with van der Waals surface area (Å²) in [4.78, 5) is 12.5. The second-order valence-corrected chi connectivity index (χ2v) is 6.98. The summed E-state index contributed by atoms with van der Waals surface area (Å²) in [6.45, 7) is 2.13. The molecule has 0 aliphatic carbocycles. The Hall–Kier alpha value is -2.01. The Morgan fingerprint density at radius 1 is 0.957 bits per heavy atom. The minimum absolute atomic E-state index is 0.208. The molecule has 0 N–H and O–H groups in total. The van der Waals surface area contributed by atoms with Gasteiger partial charge in [-0.2, -0.15) is 0 Å². The van der Waals surface area contributed by atoms with Crippen molar-refractivity contribution in [1.82, 2.24) is 9.97 Å². The van der Waals surface area contributed by atoms with Gasteiger partial charge in [0.25, 0.3) is 0 Å². The highest BCUT2D eigenvalue weighted by Crippen LogP contribution is 2.37. The zero-order valence-electron chi connectivity index (χ0n) is 12.8. The molecule has 0 spiro atoms. The Balaban J connectivity index is 1.76. The third-order valence-corrected chi connectivity index (χ3v) is 5.50. The van der Waals surface area contributed by atoms with Crippen LogP contribution in [0.25, 0.3) is 20.7 Å². The first-order valence-electron chi connectivity index (χ1n) is 8.07. The van der Waals surface area contributed by atoms with E-state index in [1.54, 1.807) is 17.7 Å². The topological polar surface area (TPSA) is 29.0 Å². The summed E-state index contributed by atoms with van der Waals surface area (Å²) < 4.78 is 14.3. The van der Waals surface area contributed by atoms with E-state index in [2.05, 4.69) is 20.9 Å². The second-order valence-electron chi connectivity index (χ2n) is 5.93. The van der Waals surface area contributed by atoms with E-state index in [1.165, 1.54) is 37.8 Å². The van der Waals surface area contributed by atoms with Crippen LogP contribution in [0.1, 0.15) is 25.7 Å². The lowest BCUT2D eigenvalue weighted by molar-refractivity contribution is 0.628. The minimum Gasteiger partial charge on any atom is -0.355 e. The second kappa shape index (κ2) is 6.24. The Kier molecular flexibility index (Phi) is 3.95. The molecule has 2 aromatic heterocycles. The largest absolute Gasteiger partial charge is 0.355 e. The van der Waals surface area contributed by atoms with Crippen molar-refractivity contribution in [3.05, 3.63) is 42.5 Å². The van der Waals surface area contributed by atoms with Gasteiger partial charge in [-0.3, -0.25) is 0 Å². The molecule has 1 saturated heterocycles. The molecule has 0 bridgehead atoms. The smallest absolute Gasteiger partial charge is 0.150 e. The van der Waals surface area contributed by atoms with Crippen LogP contribution in [0.2, 0.25) is 0 Å². The van der Waals surface area contributed by atoms with Crippen molar-refractivity contribution in [2.24, 2.45) is 0 Å². The molecule has 4 rings (SSSR count). The van der Waals surface area contributed by atoms with E-state index < -0.39 is 0 Å². The molecule has 1 aromatic carbocycles. The van der Waals surface area contributed by atoms with Crippen molar-refractivity contribution in [2.45, 2.75) is 25.7 Å². The number of anilines is 1. The fourth-order valence-electron chi connectivity index (χ4n) is 3.11. The van der Waals surface area contributed by atoms with Crippen LogP contribution in [0.3, 0.4) is 0 Å². The lowest BCUT2D eigenvalue weighted by Gasteiger charge is -2.21. The van der Waals surface area contributed by atoms with Crippen LogP contribution in [0.5, 0.6) is 0 Å². The van der Waals surface area contributed by atoms with Crippen LogP contribution >= 0.6 is 11.3 Å². The predicted molar refractivity (Wildman–Crippen MR) is 93.5 cm³/mol. The van der Waals surface area contributed by atoms with Crippen molar-refractivity contribution in [1.29, 1.82) is 0 Å². The van der Waals surface area contributed by atoms with E-state index in [4.69, 9.17) is 0 Å². The van der Waals surface area contributed by atoms with Gasteiger partial charge < -0.3 is 4.90 Å². The zero-order valence-corrected chi connectivity index (χ0v) is 13.7. The van der Waals surface area contributed by atoms with Crippen LogP contribution < -0.4 is 4.90 Å². The maximum absolute atomic E-state index is 13.1. The Labute approximate surface area is 138 Å². The van der Waals surface area contributed by atoms with Crippen LogP contribution in [0.15, 0.2) is 36.7 Å². The van der Waals surface area contributed by atoms with Gasteiger partial charge in [-0.25, -0.2) is 14.4 Å². The van der Waals surface area contributed by atoms with Gasteiger partial charge in [0.2, 0.25) is 0 Å². The first-order chi connectivity index (χ1) is 11.3. The van der Waals surface area contributed by atoms with Crippen molar-refractivity contribution >= 4 is 27.4 Å². The summed E-state index contributed by atoms with van der Waals surface area (Å²) in [7, 11) is 0. The van der Waals surface area contributed by atoms with E-state index in [0.717, 1.165) is 39.6 Å². The fraction of sp³-hybridized carbons (Fsp3) is 0.333. The molecule has 1 aliphatic heterocycles. The number of fused-ring (bicyclic) bond motifs is 1. The number of nitrogens with zero attached hydrogens (tertiary/aromatic N) is 3. The Morgan fingerprint density at radius 3 is 2.43 bits per heavy atom. The lowest BCUT2D eigenvalue weighted by atomic mass is 10.2. The van der Waals surface area contributed by atoms with E-state index in [-0.39, 0.29) is 5.82 Å². The third kappa shape index (κ3) is 2.93. The summed E-state index contributed by atoms with van der Waals surface area (Å²) >= 11 is 1.69. The highest BCUT2D eigenvalue weighted by Gasteiger charge is 2.17. The molecule has 0 radical (unpaired) electrons. The van der Waals surface area contributed by atoms with Crippen LogP contribution in [-0.2, 0) is 0 Å². The lowest BCUT2D eigenvalue weighted by Crippen LogP contribution is -2.24. The molecule has 23 heavy (non-hydrogen) atoms. The molecule has 0 unspecified atom stereocenters. The van der Waals surface area contributed by atoms with Crippen molar-refractivity contribution < 1.29 is 4.39 Å². The van der Waals surface area contributed by atoms with Crippen LogP contribution in [0.4, 0.5) is 10.2 Å². The summed E-state index contributed by atoms with van der Waals surface area (Å²) in [5.41, 5.74) is 2.00. The maximum atomic E-state index is 13.1. The summed E-state index contributed by atoms with van der Waals surface area (Å²) in [6.07, 6.45) is 6.71. The number of aromatic nitrogens is 2. The molecule has 0 saturated carbocycles. The molecular formula is C18H18FN3S. The number of rotatable bonds is 2. The number of hydrogen-bond donors (Lipinski definition) is 0. The minimum atomic E-state index is -0.208. The average Bonchev–Trinajstić information content (AvgIpc) is 2.83.